The minimum Gasteiger partial charge on any atom is -0.465 e. The molecule has 3 N–H and O–H groups in total. The highest BCUT2D eigenvalue weighted by atomic mass is 35.5. The van der Waals surface area contributed by atoms with Crippen LogP contribution in [0.1, 0.15) is 28.4 Å². The summed E-state index contributed by atoms with van der Waals surface area (Å²) >= 11 is 5.72. The molecule has 100 valence electrons. The number of esters is 1. The molecular weight excluding hydrogens is 262 g/mol. The molecule has 2 atom stereocenters. The molecule has 2 unspecified atom stereocenters. The lowest BCUT2D eigenvalue weighted by molar-refractivity contribution is 0.00395. The number of rotatable bonds is 5. The van der Waals surface area contributed by atoms with Crippen LogP contribution in [0.2, 0.25) is 5.15 Å². The molecule has 18 heavy (non-hydrogen) atoms. The Morgan fingerprint density at radius 1 is 1.56 bits per heavy atom. The summed E-state index contributed by atoms with van der Waals surface area (Å²) in [6.07, 6.45) is -1.15. The van der Waals surface area contributed by atoms with Crippen LogP contribution in [-0.2, 0) is 4.74 Å². The molecule has 6 nitrogen and oxygen atoms in total. The van der Waals surface area contributed by atoms with E-state index in [2.05, 4.69) is 9.72 Å². The second-order valence-electron chi connectivity index (χ2n) is 3.62. The summed E-state index contributed by atoms with van der Waals surface area (Å²) in [6, 6.07) is 1.30. The molecule has 0 saturated carbocycles. The summed E-state index contributed by atoms with van der Waals surface area (Å²) < 4.78 is 4.51. The summed E-state index contributed by atoms with van der Waals surface area (Å²) in [7, 11) is 1.20. The van der Waals surface area contributed by atoms with Gasteiger partial charge in [-0.1, -0.05) is 11.6 Å². The normalized spacial score (nSPS) is 14.1. The van der Waals surface area contributed by atoms with Crippen LogP contribution in [-0.4, -0.2) is 46.1 Å². The number of carbonyl (C=O) groups is 1. The predicted octanol–water partition coefficient (Wildman–Crippen LogP) is 0.298. The number of hydrogen-bond acceptors (Lipinski definition) is 6. The Labute approximate surface area is 109 Å². The first-order valence-corrected chi connectivity index (χ1v) is 5.59. The van der Waals surface area contributed by atoms with E-state index in [1.165, 1.54) is 19.4 Å². The third-order valence-corrected chi connectivity index (χ3v) is 2.70. The van der Waals surface area contributed by atoms with Crippen molar-refractivity contribution in [1.29, 1.82) is 0 Å². The number of ether oxygens (including phenoxy) is 1. The van der Waals surface area contributed by atoms with Crippen LogP contribution < -0.4 is 0 Å². The van der Waals surface area contributed by atoms with E-state index in [0.29, 0.717) is 0 Å². The third kappa shape index (κ3) is 3.39. The van der Waals surface area contributed by atoms with E-state index in [9.17, 15) is 15.0 Å². The van der Waals surface area contributed by atoms with Crippen LogP contribution in [0.5, 0.6) is 0 Å². The van der Waals surface area contributed by atoms with E-state index in [0.717, 1.165) is 0 Å². The highest BCUT2D eigenvalue weighted by Gasteiger charge is 2.21. The molecule has 0 bridgehead atoms. The highest BCUT2D eigenvalue weighted by molar-refractivity contribution is 6.32. The average molecular weight is 276 g/mol. The fourth-order valence-corrected chi connectivity index (χ4v) is 1.57. The SMILES string of the molecule is COC(=O)c1cc(C(O)C(O)CCO)cnc1Cl. The van der Waals surface area contributed by atoms with Crippen LogP contribution in [0, 0.1) is 0 Å². The van der Waals surface area contributed by atoms with Gasteiger partial charge in [0.15, 0.2) is 0 Å². The number of nitrogens with zero attached hydrogens (tertiary/aromatic N) is 1. The molecular formula is C11H14ClNO5. The molecule has 0 aliphatic rings. The molecule has 1 aromatic rings. The van der Waals surface area contributed by atoms with Gasteiger partial charge in [-0.25, -0.2) is 9.78 Å². The van der Waals surface area contributed by atoms with E-state index < -0.39 is 18.2 Å². The smallest absolute Gasteiger partial charge is 0.341 e. The number of methoxy groups -OCH3 is 1. The maximum atomic E-state index is 11.4. The zero-order chi connectivity index (χ0) is 13.7. The van der Waals surface area contributed by atoms with Crippen LogP contribution >= 0.6 is 11.6 Å². The van der Waals surface area contributed by atoms with Gasteiger partial charge in [0, 0.05) is 18.4 Å². The van der Waals surface area contributed by atoms with Gasteiger partial charge in [0.2, 0.25) is 0 Å². The Bertz CT molecular complexity index is 426. The first kappa shape index (κ1) is 14.8. The van der Waals surface area contributed by atoms with Crippen molar-refractivity contribution in [3.63, 3.8) is 0 Å². The molecule has 1 heterocycles. The second-order valence-corrected chi connectivity index (χ2v) is 3.98. The zero-order valence-electron chi connectivity index (χ0n) is 9.71. The van der Waals surface area contributed by atoms with E-state index >= 15 is 0 Å². The van der Waals surface area contributed by atoms with Crippen LogP contribution in [0.4, 0.5) is 0 Å². The molecule has 7 heteroatoms. The van der Waals surface area contributed by atoms with Crippen molar-refractivity contribution in [3.05, 3.63) is 28.5 Å². The number of halogens is 1. The number of carbonyl (C=O) groups excluding carboxylic acids is 1. The Balaban J connectivity index is 3.00. The second kappa shape index (κ2) is 6.65. The van der Waals surface area contributed by atoms with Crippen molar-refractivity contribution in [2.75, 3.05) is 13.7 Å². The number of aliphatic hydroxyl groups is 3. The first-order valence-electron chi connectivity index (χ1n) is 5.22. The number of aliphatic hydroxyl groups excluding tert-OH is 3. The van der Waals surface area contributed by atoms with Crippen LogP contribution in [0.15, 0.2) is 12.3 Å². The lowest BCUT2D eigenvalue weighted by Crippen LogP contribution is -2.20. The fraction of sp³-hybridized carbons (Fsp3) is 0.455. The third-order valence-electron chi connectivity index (χ3n) is 2.40. The Hall–Kier alpha value is -1.21. The topological polar surface area (TPSA) is 99.9 Å². The van der Waals surface area contributed by atoms with Gasteiger partial charge >= 0.3 is 5.97 Å². The number of hydrogen-bond donors (Lipinski definition) is 3. The molecule has 0 aromatic carbocycles. The molecule has 1 aromatic heterocycles. The fourth-order valence-electron chi connectivity index (χ4n) is 1.39. The van der Waals surface area contributed by atoms with Crippen molar-refractivity contribution < 1.29 is 24.9 Å². The van der Waals surface area contributed by atoms with E-state index in [-0.39, 0.29) is 29.3 Å². The van der Waals surface area contributed by atoms with Gasteiger partial charge in [-0.05, 0) is 12.5 Å². The number of pyridine rings is 1. The molecule has 0 amide bonds. The Morgan fingerprint density at radius 3 is 2.78 bits per heavy atom. The maximum absolute atomic E-state index is 11.4. The van der Waals surface area contributed by atoms with Crippen LogP contribution in [0.25, 0.3) is 0 Å². The molecule has 0 saturated heterocycles. The zero-order valence-corrected chi connectivity index (χ0v) is 10.5. The largest absolute Gasteiger partial charge is 0.465 e. The quantitative estimate of drug-likeness (QED) is 0.528. The standard InChI is InChI=1S/C11H14ClNO5/c1-18-11(17)7-4-6(5-13-10(7)12)9(16)8(15)2-3-14/h4-5,8-9,14-16H,2-3H2,1H3. The van der Waals surface area contributed by atoms with Gasteiger partial charge in [0.25, 0.3) is 0 Å². The van der Waals surface area contributed by atoms with Gasteiger partial charge in [-0.2, -0.15) is 0 Å². The lowest BCUT2D eigenvalue weighted by atomic mass is 10.0. The Morgan fingerprint density at radius 2 is 2.22 bits per heavy atom. The van der Waals surface area contributed by atoms with Gasteiger partial charge in [0.05, 0.1) is 18.8 Å². The minimum atomic E-state index is -1.26. The maximum Gasteiger partial charge on any atom is 0.341 e. The van der Waals surface area contributed by atoms with Gasteiger partial charge in [0.1, 0.15) is 11.3 Å². The van der Waals surface area contributed by atoms with Crippen LogP contribution in [0.3, 0.4) is 0 Å². The predicted molar refractivity (Wildman–Crippen MR) is 63.3 cm³/mol. The molecule has 0 fully saturated rings. The van der Waals surface area contributed by atoms with E-state index in [1.807, 2.05) is 0 Å². The monoisotopic (exact) mass is 275 g/mol. The summed E-state index contributed by atoms with van der Waals surface area (Å²) in [4.78, 5) is 15.1. The van der Waals surface area contributed by atoms with Crippen molar-refractivity contribution >= 4 is 17.6 Å². The van der Waals surface area contributed by atoms with E-state index in [1.54, 1.807) is 0 Å². The van der Waals surface area contributed by atoms with Crippen molar-refractivity contribution in [3.8, 4) is 0 Å². The number of aromatic nitrogens is 1. The summed E-state index contributed by atoms with van der Waals surface area (Å²) in [5, 5.41) is 28.0. The first-order chi connectivity index (χ1) is 8.51. The van der Waals surface area contributed by atoms with Gasteiger partial charge in [-0.3, -0.25) is 0 Å². The average Bonchev–Trinajstić information content (AvgIpc) is 2.38. The Kier molecular flexibility index (Phi) is 5.49. The highest BCUT2D eigenvalue weighted by Crippen LogP contribution is 2.23. The minimum absolute atomic E-state index is 0.00640. The van der Waals surface area contributed by atoms with Crippen molar-refractivity contribution in [1.82, 2.24) is 4.98 Å². The van der Waals surface area contributed by atoms with Crippen molar-refractivity contribution in [2.24, 2.45) is 0 Å². The summed E-state index contributed by atoms with van der Waals surface area (Å²) in [6.45, 7) is -0.261. The summed E-state index contributed by atoms with van der Waals surface area (Å²) in [5.74, 6) is -0.682. The lowest BCUT2D eigenvalue weighted by Gasteiger charge is -2.17. The molecule has 0 spiro atoms. The molecule has 1 rings (SSSR count). The van der Waals surface area contributed by atoms with Gasteiger partial charge < -0.3 is 20.1 Å². The summed E-state index contributed by atoms with van der Waals surface area (Å²) in [5.41, 5.74) is 0.229. The van der Waals surface area contributed by atoms with Gasteiger partial charge in [-0.15, -0.1) is 0 Å². The molecule has 0 radical (unpaired) electrons. The van der Waals surface area contributed by atoms with Crippen molar-refractivity contribution in [2.45, 2.75) is 18.6 Å². The van der Waals surface area contributed by atoms with E-state index in [4.69, 9.17) is 16.7 Å². The molecule has 0 aliphatic carbocycles. The molecule has 0 aliphatic heterocycles.